The first-order valence-corrected chi connectivity index (χ1v) is 7.31. The monoisotopic (exact) mass is 365 g/mol. The van der Waals surface area contributed by atoms with Gasteiger partial charge in [0.15, 0.2) is 0 Å². The number of nitrogens with zero attached hydrogens (tertiary/aromatic N) is 1. The largest absolute Gasteiger partial charge is 0.412 e. The van der Waals surface area contributed by atoms with Gasteiger partial charge in [-0.1, -0.05) is 12.1 Å². The Hall–Kier alpha value is -2.32. The second kappa shape index (κ2) is 6.89. The number of alkyl halides is 6. The number of allylic oxidation sites excluding steroid dienone is 2. The van der Waals surface area contributed by atoms with Crippen molar-refractivity contribution in [2.75, 3.05) is 6.54 Å². The number of amides is 2. The van der Waals surface area contributed by atoms with Crippen molar-refractivity contribution >= 4 is 11.8 Å². The highest BCUT2D eigenvalue weighted by atomic mass is 19.4. The van der Waals surface area contributed by atoms with Crippen LogP contribution in [0.3, 0.4) is 0 Å². The second-order valence-corrected chi connectivity index (χ2v) is 5.47. The minimum atomic E-state index is -5.08. The molecule has 0 aromatic heterocycles. The van der Waals surface area contributed by atoms with Crippen LogP contribution in [0.15, 0.2) is 35.9 Å². The van der Waals surface area contributed by atoms with E-state index in [4.69, 9.17) is 0 Å². The molecule has 1 aromatic carbocycles. The summed E-state index contributed by atoms with van der Waals surface area (Å²) in [6.07, 6.45) is -12.0. The molecule has 2 rings (SSSR count). The molecule has 136 valence electrons. The Balaban J connectivity index is 1.94. The summed E-state index contributed by atoms with van der Waals surface area (Å²) in [7, 11) is 0. The van der Waals surface area contributed by atoms with E-state index in [1.165, 1.54) is 12.1 Å². The highest BCUT2D eigenvalue weighted by Gasteiger charge is 2.38. The number of rotatable bonds is 5. The van der Waals surface area contributed by atoms with Gasteiger partial charge < -0.3 is 0 Å². The Morgan fingerprint density at radius 3 is 1.88 bits per heavy atom. The molecule has 1 aliphatic heterocycles. The highest BCUT2D eigenvalue weighted by molar-refractivity contribution is 6.21. The average Bonchev–Trinajstić information content (AvgIpc) is 2.73. The van der Waals surface area contributed by atoms with Gasteiger partial charge in [0.05, 0.1) is 11.1 Å². The molecule has 0 bridgehead atoms. The smallest absolute Gasteiger partial charge is 0.274 e. The Labute approximate surface area is 138 Å². The first-order valence-electron chi connectivity index (χ1n) is 7.31. The summed E-state index contributed by atoms with van der Waals surface area (Å²) in [4.78, 5) is 25.0. The molecule has 1 heterocycles. The van der Waals surface area contributed by atoms with Crippen molar-refractivity contribution in [1.82, 2.24) is 4.90 Å². The maximum Gasteiger partial charge on any atom is 0.412 e. The van der Waals surface area contributed by atoms with Crippen LogP contribution < -0.4 is 0 Å². The standard InChI is InChI=1S/C16H13F6NO2/c17-15(18,19)9-10(16(20,21)22)5-3-4-8-23-13(24)11-6-1-2-7-12(11)14(23)25/h1-2,6-7,9H,3-5,8H2. The topological polar surface area (TPSA) is 37.4 Å². The van der Waals surface area contributed by atoms with Crippen molar-refractivity contribution in [2.24, 2.45) is 0 Å². The molecular formula is C16H13F6NO2. The third-order valence-corrected chi connectivity index (χ3v) is 3.66. The maximum atomic E-state index is 12.6. The van der Waals surface area contributed by atoms with E-state index >= 15 is 0 Å². The molecule has 3 nitrogen and oxygen atoms in total. The quantitative estimate of drug-likeness (QED) is 0.333. The minimum absolute atomic E-state index is 0.0310. The summed E-state index contributed by atoms with van der Waals surface area (Å²) in [5, 5.41) is 0. The molecule has 0 saturated carbocycles. The summed E-state index contributed by atoms with van der Waals surface area (Å²) in [5.74, 6) is -1.11. The predicted octanol–water partition coefficient (Wildman–Crippen LogP) is 4.50. The minimum Gasteiger partial charge on any atom is -0.274 e. The number of unbranched alkanes of at least 4 members (excludes halogenated alkanes) is 1. The van der Waals surface area contributed by atoms with Crippen molar-refractivity contribution in [3.8, 4) is 0 Å². The maximum absolute atomic E-state index is 12.6. The molecule has 2 amide bonds. The molecule has 0 fully saturated rings. The van der Waals surface area contributed by atoms with E-state index in [9.17, 15) is 35.9 Å². The fourth-order valence-electron chi connectivity index (χ4n) is 2.52. The van der Waals surface area contributed by atoms with Crippen LogP contribution in [-0.2, 0) is 0 Å². The van der Waals surface area contributed by atoms with Crippen molar-refractivity contribution in [2.45, 2.75) is 31.6 Å². The molecular weight excluding hydrogens is 352 g/mol. The van der Waals surface area contributed by atoms with Crippen LogP contribution in [-0.4, -0.2) is 35.6 Å². The Bertz CT molecular complexity index is 670. The summed E-state index contributed by atoms with van der Waals surface area (Å²) >= 11 is 0. The zero-order valence-corrected chi connectivity index (χ0v) is 12.7. The summed E-state index contributed by atoms with van der Waals surface area (Å²) < 4.78 is 74.3. The third-order valence-electron chi connectivity index (χ3n) is 3.66. The summed E-state index contributed by atoms with van der Waals surface area (Å²) in [5.41, 5.74) is -1.26. The highest BCUT2D eigenvalue weighted by Crippen LogP contribution is 2.33. The zero-order chi connectivity index (χ0) is 18.8. The number of hydrogen-bond acceptors (Lipinski definition) is 2. The fourth-order valence-corrected chi connectivity index (χ4v) is 2.52. The molecule has 0 N–H and O–H groups in total. The van der Waals surface area contributed by atoms with Crippen LogP contribution in [0.2, 0.25) is 0 Å². The van der Waals surface area contributed by atoms with Crippen LogP contribution in [0.1, 0.15) is 40.0 Å². The van der Waals surface area contributed by atoms with Gasteiger partial charge in [-0.3, -0.25) is 14.5 Å². The van der Waals surface area contributed by atoms with Crippen LogP contribution >= 0.6 is 0 Å². The molecule has 1 aliphatic rings. The van der Waals surface area contributed by atoms with E-state index < -0.39 is 42.2 Å². The number of benzene rings is 1. The van der Waals surface area contributed by atoms with Crippen molar-refractivity contribution in [3.05, 3.63) is 47.0 Å². The lowest BCUT2D eigenvalue weighted by molar-refractivity contribution is -0.109. The van der Waals surface area contributed by atoms with Gasteiger partial charge in [0.1, 0.15) is 0 Å². The van der Waals surface area contributed by atoms with Gasteiger partial charge in [0, 0.05) is 18.2 Å². The fraction of sp³-hybridized carbons (Fsp3) is 0.375. The van der Waals surface area contributed by atoms with Crippen LogP contribution in [0.4, 0.5) is 26.3 Å². The van der Waals surface area contributed by atoms with Gasteiger partial charge in [-0.2, -0.15) is 26.3 Å². The molecule has 0 aliphatic carbocycles. The molecule has 0 unspecified atom stereocenters. The van der Waals surface area contributed by atoms with Gasteiger partial charge >= 0.3 is 12.4 Å². The number of hydrogen-bond donors (Lipinski definition) is 0. The van der Waals surface area contributed by atoms with Gasteiger partial charge in [0.2, 0.25) is 0 Å². The molecule has 9 heteroatoms. The van der Waals surface area contributed by atoms with Crippen molar-refractivity contribution in [1.29, 1.82) is 0 Å². The normalized spacial score (nSPS) is 15.8. The number of halogens is 6. The lowest BCUT2D eigenvalue weighted by Gasteiger charge is -2.15. The average molecular weight is 365 g/mol. The van der Waals surface area contributed by atoms with Gasteiger partial charge in [-0.05, 0) is 31.4 Å². The van der Waals surface area contributed by atoms with Crippen molar-refractivity contribution < 1.29 is 35.9 Å². The first-order chi connectivity index (χ1) is 11.5. The van der Waals surface area contributed by atoms with E-state index in [0.29, 0.717) is 0 Å². The van der Waals surface area contributed by atoms with E-state index in [1.54, 1.807) is 12.1 Å². The number of fused-ring (bicyclic) bond motifs is 1. The number of imide groups is 1. The molecule has 0 spiro atoms. The summed E-state index contributed by atoms with van der Waals surface area (Å²) in [6.45, 7) is -0.149. The molecule has 0 saturated heterocycles. The molecule has 25 heavy (non-hydrogen) atoms. The van der Waals surface area contributed by atoms with Crippen molar-refractivity contribution in [3.63, 3.8) is 0 Å². The number of carbonyl (C=O) groups excluding carboxylic acids is 2. The lowest BCUT2D eigenvalue weighted by Crippen LogP contribution is -2.30. The number of carbonyl (C=O) groups is 2. The van der Waals surface area contributed by atoms with E-state index in [-0.39, 0.29) is 30.5 Å². The third kappa shape index (κ3) is 4.61. The Morgan fingerprint density at radius 1 is 0.920 bits per heavy atom. The zero-order valence-electron chi connectivity index (χ0n) is 12.7. The summed E-state index contributed by atoms with van der Waals surface area (Å²) in [6, 6.07) is 6.07. The van der Waals surface area contributed by atoms with E-state index in [0.717, 1.165) is 4.90 Å². The predicted molar refractivity (Wildman–Crippen MR) is 75.9 cm³/mol. The molecule has 0 atom stereocenters. The molecule has 0 radical (unpaired) electrons. The SMILES string of the molecule is O=C1c2ccccc2C(=O)N1CCCCC(=CC(F)(F)F)C(F)(F)F. The van der Waals surface area contributed by atoms with E-state index in [2.05, 4.69) is 0 Å². The van der Waals surface area contributed by atoms with E-state index in [1.807, 2.05) is 0 Å². The van der Waals surface area contributed by atoms with Gasteiger partial charge in [-0.25, -0.2) is 0 Å². The van der Waals surface area contributed by atoms with Gasteiger partial charge in [-0.15, -0.1) is 0 Å². The molecule has 1 aromatic rings. The van der Waals surface area contributed by atoms with Crippen LogP contribution in [0.25, 0.3) is 0 Å². The lowest BCUT2D eigenvalue weighted by atomic mass is 10.1. The first kappa shape index (κ1) is 19.0. The van der Waals surface area contributed by atoms with Crippen LogP contribution in [0, 0.1) is 0 Å². The van der Waals surface area contributed by atoms with Crippen LogP contribution in [0.5, 0.6) is 0 Å². The Kier molecular flexibility index (Phi) is 5.24. The van der Waals surface area contributed by atoms with Gasteiger partial charge in [0.25, 0.3) is 11.8 Å². The Morgan fingerprint density at radius 2 is 1.44 bits per heavy atom. The second-order valence-electron chi connectivity index (χ2n) is 5.47.